The number of hydrogen-bond donors (Lipinski definition) is 2. The number of hydrogen-bond acceptors (Lipinski definition) is 7. The molecule has 0 radical (unpaired) electrons. The van der Waals surface area contributed by atoms with Crippen molar-refractivity contribution in [2.45, 2.75) is 13.1 Å². The summed E-state index contributed by atoms with van der Waals surface area (Å²) in [7, 11) is 1.60. The third kappa shape index (κ3) is 6.87. The van der Waals surface area contributed by atoms with Crippen LogP contribution in [0, 0.1) is 0 Å². The number of thiazole rings is 1. The maximum atomic E-state index is 13.4. The fraction of sp³-hybridized carbons (Fsp3) is 0.154. The van der Waals surface area contributed by atoms with E-state index in [0.717, 1.165) is 16.8 Å². The molecule has 0 aliphatic rings. The lowest BCUT2D eigenvalue weighted by molar-refractivity contribution is -0.122. The first-order chi connectivity index (χ1) is 17.1. The number of nitrogens with zero attached hydrogens (tertiary/aromatic N) is 3. The Balaban J connectivity index is 1.46. The first-order valence-corrected chi connectivity index (χ1v) is 11.8. The van der Waals surface area contributed by atoms with Crippen molar-refractivity contribution in [3.8, 4) is 5.75 Å². The predicted octanol–water partition coefficient (Wildman–Crippen LogP) is 4.25. The van der Waals surface area contributed by atoms with Gasteiger partial charge in [0.1, 0.15) is 18.0 Å². The minimum atomic E-state index is -0.319. The van der Waals surface area contributed by atoms with Crippen molar-refractivity contribution >= 4 is 34.0 Å². The summed E-state index contributed by atoms with van der Waals surface area (Å²) in [5, 5.41) is 8.31. The Labute approximate surface area is 207 Å². The molecule has 2 aromatic heterocycles. The molecule has 35 heavy (non-hydrogen) atoms. The molecule has 0 saturated carbocycles. The summed E-state index contributed by atoms with van der Waals surface area (Å²) < 4.78 is 5.25. The van der Waals surface area contributed by atoms with Crippen LogP contribution in [0.1, 0.15) is 21.6 Å². The molecule has 2 aromatic carbocycles. The normalized spacial score (nSPS) is 10.4. The van der Waals surface area contributed by atoms with Crippen LogP contribution in [0.2, 0.25) is 0 Å². The summed E-state index contributed by atoms with van der Waals surface area (Å²) in [6, 6.07) is 20.7. The molecule has 178 valence electrons. The molecule has 4 aromatic rings. The van der Waals surface area contributed by atoms with E-state index in [2.05, 4.69) is 20.6 Å². The van der Waals surface area contributed by atoms with E-state index in [1.807, 2.05) is 66.7 Å². The molecule has 0 bridgehead atoms. The highest BCUT2D eigenvalue weighted by Crippen LogP contribution is 2.24. The molecule has 0 fully saturated rings. The van der Waals surface area contributed by atoms with E-state index in [-0.39, 0.29) is 30.6 Å². The van der Waals surface area contributed by atoms with E-state index in [4.69, 9.17) is 4.74 Å². The summed E-state index contributed by atoms with van der Waals surface area (Å²) in [5.74, 6) is 0.137. The Morgan fingerprint density at radius 3 is 2.63 bits per heavy atom. The number of carbonyl (C=O) groups excluding carboxylic acids is 2. The predicted molar refractivity (Wildman–Crippen MR) is 136 cm³/mol. The lowest BCUT2D eigenvalue weighted by Gasteiger charge is -2.21. The molecule has 0 saturated heterocycles. The van der Waals surface area contributed by atoms with Crippen molar-refractivity contribution in [1.29, 1.82) is 0 Å². The van der Waals surface area contributed by atoms with Crippen molar-refractivity contribution in [3.05, 3.63) is 101 Å². The van der Waals surface area contributed by atoms with Gasteiger partial charge in [-0.05, 0) is 29.3 Å². The van der Waals surface area contributed by atoms with Gasteiger partial charge in [-0.25, -0.2) is 4.98 Å². The Kier molecular flexibility index (Phi) is 8.03. The van der Waals surface area contributed by atoms with Gasteiger partial charge in [0, 0.05) is 42.6 Å². The number of anilines is 2. The van der Waals surface area contributed by atoms with Gasteiger partial charge in [0.25, 0.3) is 5.91 Å². The highest BCUT2D eigenvalue weighted by atomic mass is 32.1. The number of pyridine rings is 1. The highest BCUT2D eigenvalue weighted by molar-refractivity contribution is 7.14. The van der Waals surface area contributed by atoms with E-state index in [9.17, 15) is 9.59 Å². The fourth-order valence-corrected chi connectivity index (χ4v) is 4.06. The minimum absolute atomic E-state index is 0.0931. The Hall–Kier alpha value is -4.24. The fourth-order valence-electron chi connectivity index (χ4n) is 3.35. The topological polar surface area (TPSA) is 96.5 Å². The van der Waals surface area contributed by atoms with Crippen LogP contribution in [-0.4, -0.2) is 40.3 Å². The number of benzene rings is 2. The number of nitrogens with one attached hydrogen (secondary N) is 2. The molecular weight excluding hydrogens is 462 g/mol. The lowest BCUT2D eigenvalue weighted by Crippen LogP contribution is -2.40. The Morgan fingerprint density at radius 2 is 1.86 bits per heavy atom. The molecule has 0 atom stereocenters. The van der Waals surface area contributed by atoms with Crippen LogP contribution in [0.4, 0.5) is 10.8 Å². The van der Waals surface area contributed by atoms with Gasteiger partial charge in [0.15, 0.2) is 5.13 Å². The molecule has 9 heteroatoms. The molecule has 2 amide bonds. The first kappa shape index (κ1) is 23.9. The van der Waals surface area contributed by atoms with Gasteiger partial charge >= 0.3 is 0 Å². The summed E-state index contributed by atoms with van der Waals surface area (Å²) in [5.41, 5.74) is 2.88. The smallest absolute Gasteiger partial charge is 0.274 e. The van der Waals surface area contributed by atoms with Gasteiger partial charge in [-0.3, -0.25) is 14.6 Å². The minimum Gasteiger partial charge on any atom is -0.497 e. The van der Waals surface area contributed by atoms with Crippen molar-refractivity contribution < 1.29 is 14.3 Å². The van der Waals surface area contributed by atoms with Crippen LogP contribution in [-0.2, 0) is 17.9 Å². The van der Waals surface area contributed by atoms with Crippen LogP contribution < -0.4 is 15.4 Å². The third-order valence-corrected chi connectivity index (χ3v) is 5.85. The average molecular weight is 488 g/mol. The quantitative estimate of drug-likeness (QED) is 0.347. The average Bonchev–Trinajstić information content (AvgIpc) is 3.36. The highest BCUT2D eigenvalue weighted by Gasteiger charge is 2.22. The molecule has 0 spiro atoms. The van der Waals surface area contributed by atoms with Crippen LogP contribution >= 0.6 is 11.3 Å². The first-order valence-electron chi connectivity index (χ1n) is 11.0. The van der Waals surface area contributed by atoms with E-state index in [0.29, 0.717) is 17.4 Å². The van der Waals surface area contributed by atoms with Crippen molar-refractivity contribution in [1.82, 2.24) is 20.2 Å². The number of methoxy groups -OCH3 is 1. The molecule has 2 heterocycles. The molecular formula is C26H25N5O3S. The summed E-state index contributed by atoms with van der Waals surface area (Å²) in [6.45, 7) is 0.533. The number of rotatable bonds is 10. The zero-order chi connectivity index (χ0) is 24.5. The van der Waals surface area contributed by atoms with Crippen molar-refractivity contribution in [2.75, 3.05) is 19.0 Å². The molecule has 8 nitrogen and oxygen atoms in total. The standard InChI is InChI=1S/C26H25N5O3S/c1-34-22-11-5-10-21(13-22)29-26-30-23(18-35-26)25(33)31(16-19-7-3-2-4-8-19)17-24(32)28-15-20-9-6-12-27-14-20/h2-14,18H,15-17H2,1H3,(H,28,32)(H,29,30). The van der Waals surface area contributed by atoms with E-state index in [1.165, 1.54) is 16.2 Å². The maximum Gasteiger partial charge on any atom is 0.274 e. The molecule has 2 N–H and O–H groups in total. The largest absolute Gasteiger partial charge is 0.497 e. The van der Waals surface area contributed by atoms with Gasteiger partial charge < -0.3 is 20.3 Å². The summed E-state index contributed by atoms with van der Waals surface area (Å²) >= 11 is 1.32. The van der Waals surface area contributed by atoms with Gasteiger partial charge in [-0.2, -0.15) is 0 Å². The zero-order valence-corrected chi connectivity index (χ0v) is 20.0. The monoisotopic (exact) mass is 487 g/mol. The van der Waals surface area contributed by atoms with Gasteiger partial charge in [0.2, 0.25) is 5.91 Å². The molecule has 0 aliphatic heterocycles. The number of amides is 2. The van der Waals surface area contributed by atoms with Crippen LogP contribution in [0.5, 0.6) is 5.75 Å². The zero-order valence-electron chi connectivity index (χ0n) is 19.2. The summed E-state index contributed by atoms with van der Waals surface area (Å²) in [4.78, 5) is 36.1. The second-order valence-corrected chi connectivity index (χ2v) is 8.54. The van der Waals surface area contributed by atoms with E-state index in [1.54, 1.807) is 24.9 Å². The SMILES string of the molecule is COc1cccc(Nc2nc(C(=O)N(CC(=O)NCc3cccnc3)Cc3ccccc3)cs2)c1. The van der Waals surface area contributed by atoms with Crippen LogP contribution in [0.25, 0.3) is 0 Å². The van der Waals surface area contributed by atoms with Crippen LogP contribution in [0.3, 0.4) is 0 Å². The van der Waals surface area contributed by atoms with E-state index >= 15 is 0 Å². The molecule has 4 rings (SSSR count). The van der Waals surface area contributed by atoms with Gasteiger partial charge in [-0.1, -0.05) is 42.5 Å². The number of carbonyl (C=O) groups is 2. The number of ether oxygens (including phenoxy) is 1. The van der Waals surface area contributed by atoms with Gasteiger partial charge in [0.05, 0.1) is 7.11 Å². The second kappa shape index (κ2) is 11.8. The number of aromatic nitrogens is 2. The van der Waals surface area contributed by atoms with E-state index < -0.39 is 0 Å². The third-order valence-electron chi connectivity index (χ3n) is 5.09. The van der Waals surface area contributed by atoms with Crippen molar-refractivity contribution in [3.63, 3.8) is 0 Å². The Bertz CT molecular complexity index is 1260. The van der Waals surface area contributed by atoms with Crippen LogP contribution in [0.15, 0.2) is 84.5 Å². The second-order valence-electron chi connectivity index (χ2n) is 7.68. The lowest BCUT2D eigenvalue weighted by atomic mass is 10.2. The molecule has 0 unspecified atom stereocenters. The van der Waals surface area contributed by atoms with Crippen molar-refractivity contribution in [2.24, 2.45) is 0 Å². The Morgan fingerprint density at radius 1 is 1.03 bits per heavy atom. The summed E-state index contributed by atoms with van der Waals surface area (Å²) in [6.07, 6.45) is 3.37. The van der Waals surface area contributed by atoms with Gasteiger partial charge in [-0.15, -0.1) is 11.3 Å². The maximum absolute atomic E-state index is 13.4. The molecule has 0 aliphatic carbocycles.